The Labute approximate surface area is 70.7 Å². The van der Waals surface area contributed by atoms with Crippen LogP contribution in [0.4, 0.5) is 0 Å². The Hall–Kier alpha value is -0.940. The molecule has 0 aliphatic rings. The Morgan fingerprint density at radius 1 is 1.75 bits per heavy atom. The lowest BCUT2D eigenvalue weighted by atomic mass is 10.3. The zero-order valence-corrected chi connectivity index (χ0v) is 7.03. The number of nitrogens with one attached hydrogen (secondary N) is 1. The molecule has 0 bridgehead atoms. The predicted octanol–water partition coefficient (Wildman–Crippen LogP) is 0.265. The van der Waals surface area contributed by atoms with Crippen molar-refractivity contribution in [1.29, 1.82) is 0 Å². The van der Waals surface area contributed by atoms with Gasteiger partial charge in [0.1, 0.15) is 11.8 Å². The normalized spacial score (nSPS) is 13.2. The zero-order chi connectivity index (χ0) is 8.81. The van der Waals surface area contributed by atoms with Gasteiger partial charge in [0.05, 0.1) is 12.8 Å². The third-order valence-electron chi connectivity index (χ3n) is 1.40. The van der Waals surface area contributed by atoms with Crippen LogP contribution in [0.2, 0.25) is 0 Å². The summed E-state index contributed by atoms with van der Waals surface area (Å²) in [5, 5.41) is 19.1. The van der Waals surface area contributed by atoms with E-state index in [4.69, 9.17) is 4.74 Å². The van der Waals surface area contributed by atoms with Crippen molar-refractivity contribution in [1.82, 2.24) is 15.4 Å². The van der Waals surface area contributed by atoms with Crippen molar-refractivity contribution in [2.45, 2.75) is 19.4 Å². The zero-order valence-electron chi connectivity index (χ0n) is 7.03. The summed E-state index contributed by atoms with van der Waals surface area (Å²) in [6.07, 6.45) is 1.77. The molecule has 1 aromatic heterocycles. The molecule has 0 amide bonds. The van der Waals surface area contributed by atoms with Crippen LogP contribution in [0.3, 0.4) is 0 Å². The van der Waals surface area contributed by atoms with Gasteiger partial charge in [0.25, 0.3) is 0 Å². The first-order valence-electron chi connectivity index (χ1n) is 3.96. The molecule has 0 aliphatic carbocycles. The molecular weight excluding hydrogens is 158 g/mol. The van der Waals surface area contributed by atoms with Crippen LogP contribution in [0, 0.1) is 0 Å². The van der Waals surface area contributed by atoms with Crippen molar-refractivity contribution in [3.05, 3.63) is 11.9 Å². The van der Waals surface area contributed by atoms with Gasteiger partial charge in [0.2, 0.25) is 0 Å². The van der Waals surface area contributed by atoms with Crippen molar-refractivity contribution < 1.29 is 9.84 Å². The fraction of sp³-hybridized carbons (Fsp3) is 0.714. The minimum atomic E-state index is -0.671. The van der Waals surface area contributed by atoms with Gasteiger partial charge in [-0.1, -0.05) is 6.92 Å². The Morgan fingerprint density at radius 3 is 3.17 bits per heavy atom. The smallest absolute Gasteiger partial charge is 0.123 e. The van der Waals surface area contributed by atoms with E-state index in [9.17, 15) is 5.11 Å². The molecule has 68 valence electrons. The van der Waals surface area contributed by atoms with Crippen LogP contribution in [0.25, 0.3) is 0 Å². The molecule has 0 aliphatic heterocycles. The molecule has 0 saturated carbocycles. The van der Waals surface area contributed by atoms with E-state index in [1.807, 2.05) is 6.92 Å². The summed E-state index contributed by atoms with van der Waals surface area (Å²) in [4.78, 5) is 0. The van der Waals surface area contributed by atoms with Crippen LogP contribution in [-0.2, 0) is 4.74 Å². The molecule has 0 spiro atoms. The SMILES string of the molecule is CCCOCC(O)c1cn[nH]n1. The van der Waals surface area contributed by atoms with Crippen LogP contribution in [-0.4, -0.2) is 33.7 Å². The number of rotatable bonds is 5. The van der Waals surface area contributed by atoms with Gasteiger partial charge in [0, 0.05) is 6.61 Å². The first-order chi connectivity index (χ1) is 5.84. The molecule has 2 N–H and O–H groups in total. The molecule has 5 heteroatoms. The van der Waals surface area contributed by atoms with E-state index >= 15 is 0 Å². The largest absolute Gasteiger partial charge is 0.384 e. The molecule has 5 nitrogen and oxygen atoms in total. The van der Waals surface area contributed by atoms with E-state index in [1.54, 1.807) is 0 Å². The first-order valence-corrected chi connectivity index (χ1v) is 3.96. The molecule has 1 atom stereocenters. The van der Waals surface area contributed by atoms with Gasteiger partial charge in [-0.05, 0) is 6.42 Å². The fourth-order valence-electron chi connectivity index (χ4n) is 0.796. The summed E-state index contributed by atoms with van der Waals surface area (Å²) in [6.45, 7) is 2.96. The molecule has 1 heterocycles. The lowest BCUT2D eigenvalue weighted by Crippen LogP contribution is -2.08. The van der Waals surface area contributed by atoms with E-state index in [-0.39, 0.29) is 6.61 Å². The molecule has 0 radical (unpaired) electrons. The van der Waals surface area contributed by atoms with Crippen molar-refractivity contribution in [3.8, 4) is 0 Å². The highest BCUT2D eigenvalue weighted by Crippen LogP contribution is 2.06. The summed E-state index contributed by atoms with van der Waals surface area (Å²) in [5.74, 6) is 0. The molecule has 0 saturated heterocycles. The first kappa shape index (κ1) is 9.15. The second-order valence-corrected chi connectivity index (χ2v) is 2.49. The molecule has 12 heavy (non-hydrogen) atoms. The minimum Gasteiger partial charge on any atom is -0.384 e. The minimum absolute atomic E-state index is 0.278. The van der Waals surface area contributed by atoms with E-state index in [0.717, 1.165) is 6.42 Å². The van der Waals surface area contributed by atoms with E-state index in [2.05, 4.69) is 15.4 Å². The van der Waals surface area contributed by atoms with Gasteiger partial charge in [-0.15, -0.1) is 0 Å². The Kier molecular flexibility index (Phi) is 3.69. The van der Waals surface area contributed by atoms with Crippen LogP contribution >= 0.6 is 0 Å². The van der Waals surface area contributed by atoms with E-state index in [0.29, 0.717) is 12.3 Å². The number of hydrogen-bond donors (Lipinski definition) is 2. The average molecular weight is 171 g/mol. The molecule has 1 rings (SSSR count). The highest BCUT2D eigenvalue weighted by Gasteiger charge is 2.09. The van der Waals surface area contributed by atoms with Gasteiger partial charge >= 0.3 is 0 Å². The number of aliphatic hydroxyl groups is 1. The Bertz CT molecular complexity index is 200. The maximum atomic E-state index is 9.39. The Morgan fingerprint density at radius 2 is 2.58 bits per heavy atom. The molecule has 1 unspecified atom stereocenters. The average Bonchev–Trinajstić information content (AvgIpc) is 2.56. The summed E-state index contributed by atoms with van der Waals surface area (Å²) >= 11 is 0. The molecule has 0 fully saturated rings. The quantitative estimate of drug-likeness (QED) is 0.623. The molecule has 0 aromatic carbocycles. The number of H-pyrrole nitrogens is 1. The van der Waals surface area contributed by atoms with Gasteiger partial charge in [-0.2, -0.15) is 15.4 Å². The monoisotopic (exact) mass is 171 g/mol. The highest BCUT2D eigenvalue weighted by molar-refractivity contribution is 4.95. The number of nitrogens with zero attached hydrogens (tertiary/aromatic N) is 2. The molecule has 1 aromatic rings. The Balaban J connectivity index is 2.25. The number of ether oxygens (including phenoxy) is 1. The second kappa shape index (κ2) is 4.84. The van der Waals surface area contributed by atoms with Crippen LogP contribution in [0.15, 0.2) is 6.20 Å². The fourth-order valence-corrected chi connectivity index (χ4v) is 0.796. The number of aromatic amines is 1. The van der Waals surface area contributed by atoms with Crippen molar-refractivity contribution in [3.63, 3.8) is 0 Å². The topological polar surface area (TPSA) is 71.0 Å². The highest BCUT2D eigenvalue weighted by atomic mass is 16.5. The van der Waals surface area contributed by atoms with Crippen molar-refractivity contribution >= 4 is 0 Å². The van der Waals surface area contributed by atoms with Gasteiger partial charge in [-0.3, -0.25) is 0 Å². The number of aromatic nitrogens is 3. The second-order valence-electron chi connectivity index (χ2n) is 2.49. The van der Waals surface area contributed by atoms with Crippen LogP contribution in [0.1, 0.15) is 25.1 Å². The number of hydrogen-bond acceptors (Lipinski definition) is 4. The summed E-state index contributed by atoms with van der Waals surface area (Å²) in [6, 6.07) is 0. The molecular formula is C7H13N3O2. The van der Waals surface area contributed by atoms with Gasteiger partial charge < -0.3 is 9.84 Å². The summed E-state index contributed by atoms with van der Waals surface area (Å²) < 4.78 is 5.14. The maximum absolute atomic E-state index is 9.39. The lowest BCUT2D eigenvalue weighted by Gasteiger charge is -2.06. The van der Waals surface area contributed by atoms with Crippen LogP contribution in [0.5, 0.6) is 0 Å². The van der Waals surface area contributed by atoms with Crippen LogP contribution < -0.4 is 0 Å². The number of aliphatic hydroxyl groups excluding tert-OH is 1. The lowest BCUT2D eigenvalue weighted by molar-refractivity contribution is 0.0342. The third kappa shape index (κ3) is 2.60. The van der Waals surface area contributed by atoms with E-state index in [1.165, 1.54) is 6.20 Å². The predicted molar refractivity (Wildman–Crippen MR) is 42.5 cm³/mol. The maximum Gasteiger partial charge on any atom is 0.123 e. The van der Waals surface area contributed by atoms with Crippen molar-refractivity contribution in [2.24, 2.45) is 0 Å². The summed E-state index contributed by atoms with van der Waals surface area (Å²) in [5.41, 5.74) is 0.520. The third-order valence-corrected chi connectivity index (χ3v) is 1.40. The summed E-state index contributed by atoms with van der Waals surface area (Å²) in [7, 11) is 0. The van der Waals surface area contributed by atoms with Gasteiger partial charge in [-0.25, -0.2) is 0 Å². The van der Waals surface area contributed by atoms with Gasteiger partial charge in [0.15, 0.2) is 0 Å². The van der Waals surface area contributed by atoms with Crippen molar-refractivity contribution in [2.75, 3.05) is 13.2 Å². The standard InChI is InChI=1S/C7H13N3O2/c1-2-3-12-5-7(11)6-4-8-10-9-6/h4,7,11H,2-3,5H2,1H3,(H,8,9,10). The van der Waals surface area contributed by atoms with E-state index < -0.39 is 6.10 Å².